The fraction of sp³-hybridized carbons (Fsp3) is 0.0333. The van der Waals surface area contributed by atoms with Gasteiger partial charge >= 0.3 is 0 Å². The standard InChI is InChI=1S/C30H23N5O2/c31-18-20-5-3-6-21(17-20)30(36)34-22-11-13-23(14-12-22)35(28-15-16-32-19-33-28)26-9-4-8-25-24-7-1-2-10-27(24)37-29(25)26/h1-17,19H,18,31H2,(H,34,36). The summed E-state index contributed by atoms with van der Waals surface area (Å²) in [6.07, 6.45) is 3.23. The first-order valence-corrected chi connectivity index (χ1v) is 11.9. The van der Waals surface area contributed by atoms with Crippen molar-refractivity contribution in [1.82, 2.24) is 9.97 Å². The van der Waals surface area contributed by atoms with E-state index in [0.717, 1.165) is 38.9 Å². The highest BCUT2D eigenvalue weighted by Gasteiger charge is 2.20. The highest BCUT2D eigenvalue weighted by atomic mass is 16.3. The zero-order valence-corrected chi connectivity index (χ0v) is 19.8. The van der Waals surface area contributed by atoms with Crippen molar-refractivity contribution < 1.29 is 9.21 Å². The molecule has 37 heavy (non-hydrogen) atoms. The van der Waals surface area contributed by atoms with Gasteiger partial charge in [-0.1, -0.05) is 42.5 Å². The number of carbonyl (C=O) groups excluding carboxylic acids is 1. The molecular weight excluding hydrogens is 462 g/mol. The van der Waals surface area contributed by atoms with Gasteiger partial charge in [0, 0.05) is 40.5 Å². The Bertz CT molecular complexity index is 1710. The number of nitrogens with two attached hydrogens (primary N) is 1. The summed E-state index contributed by atoms with van der Waals surface area (Å²) < 4.78 is 6.30. The van der Waals surface area contributed by atoms with E-state index in [0.29, 0.717) is 23.6 Å². The molecule has 180 valence electrons. The quantitative estimate of drug-likeness (QED) is 0.277. The Hall–Kier alpha value is -5.01. The summed E-state index contributed by atoms with van der Waals surface area (Å²) in [6.45, 7) is 0.382. The Morgan fingerprint density at radius 2 is 1.70 bits per heavy atom. The molecule has 7 heteroatoms. The highest BCUT2D eigenvalue weighted by molar-refractivity contribution is 6.10. The molecule has 0 radical (unpaired) electrons. The number of para-hydroxylation sites is 2. The second kappa shape index (κ2) is 9.56. The smallest absolute Gasteiger partial charge is 0.255 e. The minimum Gasteiger partial charge on any atom is -0.454 e. The van der Waals surface area contributed by atoms with Crippen molar-refractivity contribution in [2.45, 2.75) is 6.54 Å². The van der Waals surface area contributed by atoms with Crippen LogP contribution in [0.3, 0.4) is 0 Å². The van der Waals surface area contributed by atoms with E-state index in [1.54, 1.807) is 18.3 Å². The molecule has 0 aliphatic carbocycles. The van der Waals surface area contributed by atoms with E-state index in [2.05, 4.69) is 27.4 Å². The number of aromatic nitrogens is 2. The van der Waals surface area contributed by atoms with E-state index in [1.807, 2.05) is 77.7 Å². The first kappa shape index (κ1) is 22.5. The molecule has 0 saturated heterocycles. The number of fused-ring (bicyclic) bond motifs is 3. The number of hydrogen-bond donors (Lipinski definition) is 2. The van der Waals surface area contributed by atoms with Gasteiger partial charge in [-0.25, -0.2) is 9.97 Å². The maximum Gasteiger partial charge on any atom is 0.255 e. The molecule has 6 aromatic rings. The first-order valence-electron chi connectivity index (χ1n) is 11.9. The van der Waals surface area contributed by atoms with Crippen LogP contribution in [0.1, 0.15) is 15.9 Å². The highest BCUT2D eigenvalue weighted by Crippen LogP contribution is 2.41. The number of rotatable bonds is 6. The lowest BCUT2D eigenvalue weighted by atomic mass is 10.1. The minimum absolute atomic E-state index is 0.192. The van der Waals surface area contributed by atoms with Crippen molar-refractivity contribution in [3.05, 3.63) is 121 Å². The minimum atomic E-state index is -0.192. The van der Waals surface area contributed by atoms with Crippen LogP contribution in [0.5, 0.6) is 0 Å². The van der Waals surface area contributed by atoms with Gasteiger partial charge in [0.2, 0.25) is 0 Å². The lowest BCUT2D eigenvalue weighted by molar-refractivity contribution is 0.102. The third-order valence-corrected chi connectivity index (χ3v) is 6.23. The Morgan fingerprint density at radius 1 is 0.892 bits per heavy atom. The fourth-order valence-corrected chi connectivity index (χ4v) is 4.46. The van der Waals surface area contributed by atoms with Gasteiger partial charge in [0.1, 0.15) is 17.7 Å². The number of hydrogen-bond acceptors (Lipinski definition) is 6. The summed E-state index contributed by atoms with van der Waals surface area (Å²) in [5.41, 5.74) is 11.2. The predicted octanol–water partition coefficient (Wildman–Crippen LogP) is 6.56. The lowest BCUT2D eigenvalue weighted by Crippen LogP contribution is -2.14. The van der Waals surface area contributed by atoms with Crippen molar-refractivity contribution in [2.75, 3.05) is 10.2 Å². The monoisotopic (exact) mass is 485 g/mol. The average Bonchev–Trinajstić information content (AvgIpc) is 3.34. The molecule has 0 aliphatic rings. The zero-order chi connectivity index (χ0) is 25.2. The van der Waals surface area contributed by atoms with Gasteiger partial charge in [-0.15, -0.1) is 0 Å². The largest absolute Gasteiger partial charge is 0.454 e. The van der Waals surface area contributed by atoms with E-state index in [1.165, 1.54) is 6.33 Å². The molecule has 7 nitrogen and oxygen atoms in total. The second-order valence-electron chi connectivity index (χ2n) is 8.56. The van der Waals surface area contributed by atoms with E-state index in [-0.39, 0.29) is 5.91 Å². The molecular formula is C30H23N5O2. The van der Waals surface area contributed by atoms with Crippen LogP contribution in [-0.2, 0) is 6.54 Å². The zero-order valence-electron chi connectivity index (χ0n) is 19.8. The van der Waals surface area contributed by atoms with E-state index >= 15 is 0 Å². The third kappa shape index (κ3) is 4.28. The molecule has 4 aromatic carbocycles. The molecule has 6 rings (SSSR count). The van der Waals surface area contributed by atoms with Crippen LogP contribution >= 0.6 is 0 Å². The summed E-state index contributed by atoms with van der Waals surface area (Å²) in [4.78, 5) is 23.4. The maximum absolute atomic E-state index is 12.8. The molecule has 0 atom stereocenters. The summed E-state index contributed by atoms with van der Waals surface area (Å²) in [5.74, 6) is 0.501. The van der Waals surface area contributed by atoms with Crippen molar-refractivity contribution in [3.63, 3.8) is 0 Å². The van der Waals surface area contributed by atoms with E-state index in [9.17, 15) is 4.79 Å². The van der Waals surface area contributed by atoms with Crippen LogP contribution < -0.4 is 16.0 Å². The fourth-order valence-electron chi connectivity index (χ4n) is 4.46. The van der Waals surface area contributed by atoms with Crippen LogP contribution in [0.2, 0.25) is 0 Å². The normalized spacial score (nSPS) is 11.1. The van der Waals surface area contributed by atoms with E-state index in [4.69, 9.17) is 10.2 Å². The molecule has 0 saturated carbocycles. The maximum atomic E-state index is 12.8. The predicted molar refractivity (Wildman–Crippen MR) is 146 cm³/mol. The van der Waals surface area contributed by atoms with Gasteiger partial charge in [-0.05, 0) is 60.2 Å². The molecule has 0 fully saturated rings. The number of furan rings is 1. The van der Waals surface area contributed by atoms with Gasteiger partial charge in [0.15, 0.2) is 5.58 Å². The van der Waals surface area contributed by atoms with Crippen LogP contribution in [0.4, 0.5) is 22.9 Å². The van der Waals surface area contributed by atoms with Crippen LogP contribution in [0, 0.1) is 0 Å². The number of benzene rings is 4. The van der Waals surface area contributed by atoms with Crippen molar-refractivity contribution in [2.24, 2.45) is 5.73 Å². The molecule has 0 spiro atoms. The molecule has 1 amide bonds. The number of anilines is 4. The van der Waals surface area contributed by atoms with Gasteiger partial charge in [0.05, 0.1) is 5.69 Å². The Morgan fingerprint density at radius 3 is 2.51 bits per heavy atom. The summed E-state index contributed by atoms with van der Waals surface area (Å²) in [7, 11) is 0. The summed E-state index contributed by atoms with van der Waals surface area (Å²) in [6, 6.07) is 30.8. The van der Waals surface area contributed by atoms with Crippen LogP contribution in [-0.4, -0.2) is 15.9 Å². The second-order valence-corrected chi connectivity index (χ2v) is 8.56. The lowest BCUT2D eigenvalue weighted by Gasteiger charge is -2.24. The van der Waals surface area contributed by atoms with E-state index < -0.39 is 0 Å². The molecule has 0 aliphatic heterocycles. The number of carbonyl (C=O) groups is 1. The van der Waals surface area contributed by atoms with Crippen LogP contribution in [0.25, 0.3) is 21.9 Å². The van der Waals surface area contributed by atoms with Crippen LogP contribution in [0.15, 0.2) is 114 Å². The van der Waals surface area contributed by atoms with Crippen molar-refractivity contribution >= 4 is 50.7 Å². The average molecular weight is 486 g/mol. The van der Waals surface area contributed by atoms with Crippen molar-refractivity contribution in [1.29, 1.82) is 0 Å². The van der Waals surface area contributed by atoms with Crippen molar-refractivity contribution in [3.8, 4) is 0 Å². The molecule has 3 N–H and O–H groups in total. The number of nitrogens with one attached hydrogen (secondary N) is 1. The van der Waals surface area contributed by atoms with Gasteiger partial charge < -0.3 is 15.5 Å². The number of amides is 1. The van der Waals surface area contributed by atoms with Gasteiger partial charge in [-0.3, -0.25) is 9.69 Å². The Labute approximate surface area is 213 Å². The summed E-state index contributed by atoms with van der Waals surface area (Å²) in [5, 5.41) is 5.04. The first-order chi connectivity index (χ1) is 18.2. The van der Waals surface area contributed by atoms with Gasteiger partial charge in [0.25, 0.3) is 5.91 Å². The topological polar surface area (TPSA) is 97.3 Å². The molecule has 0 bridgehead atoms. The molecule has 2 heterocycles. The Balaban J connectivity index is 1.38. The SMILES string of the molecule is NCc1cccc(C(=O)Nc2ccc(N(c3ccncn3)c3cccc4c3oc3ccccc34)cc2)c1. The molecule has 2 aromatic heterocycles. The van der Waals surface area contributed by atoms with Gasteiger partial charge in [-0.2, -0.15) is 0 Å². The summed E-state index contributed by atoms with van der Waals surface area (Å²) >= 11 is 0. The Kier molecular flexibility index (Phi) is 5.80. The third-order valence-electron chi connectivity index (χ3n) is 6.23. The molecule has 0 unspecified atom stereocenters. The number of nitrogens with zero attached hydrogens (tertiary/aromatic N) is 3.